The minimum Gasteiger partial charge on any atom is -0.384 e. The van der Waals surface area contributed by atoms with Gasteiger partial charge >= 0.3 is 6.03 Å². The van der Waals surface area contributed by atoms with Gasteiger partial charge in [0.05, 0.1) is 12.0 Å². The second-order valence-electron chi connectivity index (χ2n) is 9.16. The quantitative estimate of drug-likeness (QED) is 0.457. The molecule has 37 heavy (non-hydrogen) atoms. The molecule has 3 N–H and O–H groups in total. The van der Waals surface area contributed by atoms with Crippen molar-refractivity contribution in [3.8, 4) is 0 Å². The van der Waals surface area contributed by atoms with E-state index in [4.69, 9.17) is 5.73 Å². The van der Waals surface area contributed by atoms with Crippen LogP contribution >= 0.6 is 0 Å². The first-order valence-electron chi connectivity index (χ1n) is 12.4. The Morgan fingerprint density at radius 1 is 1.08 bits per heavy atom. The number of nitrogens with two attached hydrogens (primary N) is 1. The highest BCUT2D eigenvalue weighted by atomic mass is 16.2. The molecule has 0 radical (unpaired) electrons. The van der Waals surface area contributed by atoms with Gasteiger partial charge in [-0.05, 0) is 60.2 Å². The fraction of sp³-hybridized carbons (Fsp3) is 0.321. The number of nitrogen functional groups attached to an aromatic ring is 1. The second kappa shape index (κ2) is 11.2. The monoisotopic (exact) mass is 500 g/mol. The predicted octanol–water partition coefficient (Wildman–Crippen LogP) is 3.51. The zero-order chi connectivity index (χ0) is 26.5. The summed E-state index contributed by atoms with van der Waals surface area (Å²) in [6, 6.07) is 13.0. The number of likely N-dealkylation sites (tertiary alicyclic amines) is 1. The summed E-state index contributed by atoms with van der Waals surface area (Å²) in [6.07, 6.45) is 6.52. The number of aromatic nitrogens is 2. The summed E-state index contributed by atoms with van der Waals surface area (Å²) < 4.78 is 0. The molecule has 3 atom stereocenters. The number of urea groups is 1. The summed E-state index contributed by atoms with van der Waals surface area (Å²) in [5.74, 6) is -1.12. The fourth-order valence-corrected chi connectivity index (χ4v) is 4.69. The molecule has 0 saturated carbocycles. The van der Waals surface area contributed by atoms with Crippen LogP contribution in [-0.4, -0.2) is 45.8 Å². The lowest BCUT2D eigenvalue weighted by molar-refractivity contribution is -0.156. The molecule has 3 aromatic rings. The summed E-state index contributed by atoms with van der Waals surface area (Å²) in [5, 5.41) is 2.98. The second-order valence-corrected chi connectivity index (χ2v) is 9.16. The standard InChI is InChI=1S/C28H32N6O3/c1-4-18-7-6-8-20(15-18)23(5-2)32-28(37)34-25(27(36)33(3)21-10-12-30-13-11-21)22(26(34)35)16-19-9-14-31-24(29)17-19/h6-15,17,22-23,25H,4-5,16H2,1-3H3,(H2,29,31)(H,32,37)/t22-,23?,25+/m1/s1. The van der Waals surface area contributed by atoms with Crippen LogP contribution in [0.15, 0.2) is 67.1 Å². The summed E-state index contributed by atoms with van der Waals surface area (Å²) >= 11 is 0. The molecule has 3 heterocycles. The van der Waals surface area contributed by atoms with Crippen LogP contribution in [0.5, 0.6) is 0 Å². The number of rotatable bonds is 8. The first-order valence-corrected chi connectivity index (χ1v) is 12.4. The molecule has 9 nitrogen and oxygen atoms in total. The number of aryl methyl sites for hydroxylation is 1. The molecule has 0 aliphatic carbocycles. The molecule has 192 valence electrons. The van der Waals surface area contributed by atoms with Crippen molar-refractivity contribution < 1.29 is 14.4 Å². The smallest absolute Gasteiger partial charge is 0.325 e. The number of imide groups is 1. The third kappa shape index (κ3) is 5.45. The molecule has 9 heteroatoms. The highest BCUT2D eigenvalue weighted by molar-refractivity contribution is 6.12. The largest absolute Gasteiger partial charge is 0.384 e. The van der Waals surface area contributed by atoms with Gasteiger partial charge in [0, 0.05) is 31.3 Å². The molecule has 1 aliphatic heterocycles. The summed E-state index contributed by atoms with van der Waals surface area (Å²) in [5.41, 5.74) is 9.34. The molecule has 0 bridgehead atoms. The number of carbonyl (C=O) groups is 3. The van der Waals surface area contributed by atoms with E-state index in [0.29, 0.717) is 17.9 Å². The number of likely N-dealkylation sites (N-methyl/N-ethyl adjacent to an activating group) is 1. The summed E-state index contributed by atoms with van der Waals surface area (Å²) in [4.78, 5) is 50.9. The number of hydrogen-bond acceptors (Lipinski definition) is 6. The highest BCUT2D eigenvalue weighted by Crippen LogP contribution is 2.33. The molecule has 2 aromatic heterocycles. The molecule has 1 aromatic carbocycles. The maximum absolute atomic E-state index is 13.7. The Morgan fingerprint density at radius 2 is 1.84 bits per heavy atom. The third-order valence-corrected chi connectivity index (χ3v) is 6.84. The molecule has 4 rings (SSSR count). The van der Waals surface area contributed by atoms with Crippen LogP contribution in [0.25, 0.3) is 0 Å². The maximum Gasteiger partial charge on any atom is 0.325 e. The zero-order valence-electron chi connectivity index (χ0n) is 21.3. The summed E-state index contributed by atoms with van der Waals surface area (Å²) in [6.45, 7) is 4.04. The first-order chi connectivity index (χ1) is 17.8. The van der Waals surface area contributed by atoms with E-state index in [0.717, 1.165) is 28.0 Å². The average molecular weight is 501 g/mol. The molecule has 1 saturated heterocycles. The Kier molecular flexibility index (Phi) is 7.81. The van der Waals surface area contributed by atoms with Gasteiger partial charge in [0.15, 0.2) is 0 Å². The van der Waals surface area contributed by atoms with Gasteiger partial charge in [-0.15, -0.1) is 0 Å². The van der Waals surface area contributed by atoms with E-state index in [1.807, 2.05) is 25.1 Å². The van der Waals surface area contributed by atoms with E-state index in [1.54, 1.807) is 49.9 Å². The minimum atomic E-state index is -0.959. The van der Waals surface area contributed by atoms with Crippen molar-refractivity contribution >= 4 is 29.4 Å². The molecule has 1 aliphatic rings. The Bertz CT molecular complexity index is 1280. The topological polar surface area (TPSA) is 122 Å². The van der Waals surface area contributed by atoms with Crippen LogP contribution in [0.1, 0.15) is 43.0 Å². The Hall–Kier alpha value is -4.27. The number of β-lactam (4-membered cyclic amide) rings is 1. The minimum absolute atomic E-state index is 0.270. The van der Waals surface area contributed by atoms with Crippen LogP contribution in [0.4, 0.5) is 16.3 Å². The molecular formula is C28H32N6O3. The number of pyridine rings is 2. The number of hydrogen-bond donors (Lipinski definition) is 2. The number of carbonyl (C=O) groups excluding carboxylic acids is 3. The molecule has 4 amide bonds. The SMILES string of the molecule is CCc1cccc(C(CC)NC(=O)N2C(=O)[C@H](Cc3ccnc(N)c3)[C@H]2C(=O)N(C)c2ccncc2)c1. The lowest BCUT2D eigenvalue weighted by Gasteiger charge is -2.46. The zero-order valence-corrected chi connectivity index (χ0v) is 21.3. The average Bonchev–Trinajstić information content (AvgIpc) is 2.92. The van der Waals surface area contributed by atoms with Gasteiger partial charge < -0.3 is 16.0 Å². The maximum atomic E-state index is 13.7. The van der Waals surface area contributed by atoms with Crippen LogP contribution in [0.3, 0.4) is 0 Å². The number of benzene rings is 1. The Morgan fingerprint density at radius 3 is 2.51 bits per heavy atom. The van der Waals surface area contributed by atoms with E-state index in [-0.39, 0.29) is 18.4 Å². The van der Waals surface area contributed by atoms with E-state index < -0.39 is 23.9 Å². The lowest BCUT2D eigenvalue weighted by Crippen LogP contribution is -2.70. The van der Waals surface area contributed by atoms with Crippen LogP contribution in [0.2, 0.25) is 0 Å². The van der Waals surface area contributed by atoms with Crippen molar-refractivity contribution in [2.24, 2.45) is 5.92 Å². The van der Waals surface area contributed by atoms with Gasteiger partial charge in [-0.1, -0.05) is 38.1 Å². The van der Waals surface area contributed by atoms with E-state index in [1.165, 1.54) is 4.90 Å². The van der Waals surface area contributed by atoms with Crippen molar-refractivity contribution in [2.75, 3.05) is 17.7 Å². The first kappa shape index (κ1) is 25.8. The highest BCUT2D eigenvalue weighted by Gasteiger charge is 2.55. The predicted molar refractivity (Wildman–Crippen MR) is 142 cm³/mol. The number of nitrogens with zero attached hydrogens (tertiary/aromatic N) is 4. The molecule has 1 fully saturated rings. The Balaban J connectivity index is 1.60. The summed E-state index contributed by atoms with van der Waals surface area (Å²) in [7, 11) is 1.63. The van der Waals surface area contributed by atoms with Gasteiger partial charge in [-0.2, -0.15) is 0 Å². The van der Waals surface area contributed by atoms with Crippen molar-refractivity contribution in [1.82, 2.24) is 20.2 Å². The van der Waals surface area contributed by atoms with E-state index in [9.17, 15) is 14.4 Å². The van der Waals surface area contributed by atoms with Crippen molar-refractivity contribution in [3.05, 3.63) is 83.8 Å². The molecule has 1 unspecified atom stereocenters. The molecular weight excluding hydrogens is 468 g/mol. The Labute approximate surface area is 216 Å². The fourth-order valence-electron chi connectivity index (χ4n) is 4.69. The number of nitrogens with one attached hydrogen (secondary N) is 1. The third-order valence-electron chi connectivity index (χ3n) is 6.84. The van der Waals surface area contributed by atoms with Gasteiger partial charge in [0.2, 0.25) is 5.91 Å². The van der Waals surface area contributed by atoms with Gasteiger partial charge in [0.1, 0.15) is 11.9 Å². The van der Waals surface area contributed by atoms with E-state index >= 15 is 0 Å². The number of anilines is 2. The lowest BCUT2D eigenvalue weighted by atomic mass is 9.81. The van der Waals surface area contributed by atoms with Crippen LogP contribution < -0.4 is 16.0 Å². The van der Waals surface area contributed by atoms with Gasteiger partial charge in [-0.25, -0.2) is 9.78 Å². The van der Waals surface area contributed by atoms with Crippen molar-refractivity contribution in [3.63, 3.8) is 0 Å². The molecule has 0 spiro atoms. The van der Waals surface area contributed by atoms with Crippen LogP contribution in [-0.2, 0) is 22.4 Å². The van der Waals surface area contributed by atoms with Gasteiger partial charge in [-0.3, -0.25) is 19.5 Å². The van der Waals surface area contributed by atoms with E-state index in [2.05, 4.69) is 28.3 Å². The van der Waals surface area contributed by atoms with Crippen molar-refractivity contribution in [2.45, 2.75) is 45.2 Å². The number of amides is 4. The van der Waals surface area contributed by atoms with Gasteiger partial charge in [0.25, 0.3) is 5.91 Å². The normalized spacial score (nSPS) is 17.6. The van der Waals surface area contributed by atoms with Crippen molar-refractivity contribution in [1.29, 1.82) is 0 Å². The van der Waals surface area contributed by atoms with Crippen LogP contribution in [0, 0.1) is 5.92 Å².